The van der Waals surface area contributed by atoms with Crippen molar-refractivity contribution in [3.05, 3.63) is 42.5 Å². The molecular weight excluding hydrogens is 228 g/mol. The maximum absolute atomic E-state index is 5.76. The molecule has 0 fully saturated rings. The number of benzene rings is 1. The molecule has 1 atom stereocenters. The molecule has 1 N–H and O–H groups in total. The second-order valence-corrected chi connectivity index (χ2v) is 3.34. The summed E-state index contributed by atoms with van der Waals surface area (Å²) >= 11 is 0. The topological polar surface area (TPSA) is 47.1 Å². The molecule has 1 aliphatic rings. The maximum atomic E-state index is 5.76. The molecule has 2 aromatic rings. The van der Waals surface area contributed by atoms with Gasteiger partial charge in [0.1, 0.15) is 6.61 Å². The van der Waals surface area contributed by atoms with Crippen molar-refractivity contribution in [1.82, 2.24) is 9.97 Å². The fraction of sp³-hybridized carbons (Fsp3) is 0.182. The normalized spacial score (nSPS) is 17.6. The van der Waals surface area contributed by atoms with E-state index in [4.69, 9.17) is 9.47 Å². The Kier molecular flexibility index (Phi) is 3.01. The van der Waals surface area contributed by atoms with Gasteiger partial charge < -0.3 is 14.5 Å². The lowest BCUT2D eigenvalue weighted by molar-refractivity contribution is 0.0857. The number of fused-ring (bicyclic) bond motifs is 1. The van der Waals surface area contributed by atoms with Crippen molar-refractivity contribution in [3.63, 3.8) is 0 Å². The van der Waals surface area contributed by atoms with E-state index < -0.39 is 0 Å². The molecular formula is C11H11ClN2O2. The van der Waals surface area contributed by atoms with Crippen LogP contribution in [0.3, 0.4) is 0 Å². The number of halogens is 1. The van der Waals surface area contributed by atoms with Gasteiger partial charge in [0.15, 0.2) is 23.4 Å². The van der Waals surface area contributed by atoms with Crippen molar-refractivity contribution in [2.75, 3.05) is 6.61 Å². The van der Waals surface area contributed by atoms with Crippen LogP contribution in [0.5, 0.6) is 11.5 Å². The van der Waals surface area contributed by atoms with E-state index in [1.54, 1.807) is 12.4 Å². The van der Waals surface area contributed by atoms with Crippen LogP contribution in [-0.2, 0) is 0 Å². The minimum atomic E-state index is -0.144. The van der Waals surface area contributed by atoms with E-state index in [1.807, 2.05) is 24.3 Å². The third kappa shape index (κ3) is 1.84. The predicted octanol–water partition coefficient (Wildman–Crippen LogP) is 2.34. The van der Waals surface area contributed by atoms with Gasteiger partial charge in [-0.15, -0.1) is 12.4 Å². The molecule has 84 valence electrons. The van der Waals surface area contributed by atoms with E-state index in [0.29, 0.717) is 6.61 Å². The Hall–Kier alpha value is -1.68. The second-order valence-electron chi connectivity index (χ2n) is 3.34. The van der Waals surface area contributed by atoms with Crippen molar-refractivity contribution < 1.29 is 9.47 Å². The van der Waals surface area contributed by atoms with E-state index in [2.05, 4.69) is 9.97 Å². The monoisotopic (exact) mass is 238 g/mol. The highest BCUT2D eigenvalue weighted by Gasteiger charge is 2.23. The molecule has 1 aromatic heterocycles. The number of imidazole rings is 1. The van der Waals surface area contributed by atoms with Gasteiger partial charge in [0, 0.05) is 12.4 Å². The molecule has 1 aromatic carbocycles. The Morgan fingerprint density at radius 3 is 2.81 bits per heavy atom. The van der Waals surface area contributed by atoms with Crippen molar-refractivity contribution in [2.45, 2.75) is 6.10 Å². The molecule has 5 heteroatoms. The Bertz CT molecular complexity index is 459. The number of para-hydroxylation sites is 2. The van der Waals surface area contributed by atoms with Gasteiger partial charge in [-0.05, 0) is 12.1 Å². The number of hydrogen-bond donors (Lipinski definition) is 1. The summed E-state index contributed by atoms with van der Waals surface area (Å²) in [5.74, 6) is 2.36. The molecule has 0 amide bonds. The molecule has 0 radical (unpaired) electrons. The van der Waals surface area contributed by atoms with Crippen LogP contribution in [0.1, 0.15) is 11.9 Å². The second kappa shape index (κ2) is 4.45. The fourth-order valence-corrected chi connectivity index (χ4v) is 1.61. The largest absolute Gasteiger partial charge is 0.485 e. The number of nitrogens with zero attached hydrogens (tertiary/aromatic N) is 1. The van der Waals surface area contributed by atoms with Crippen LogP contribution in [0.4, 0.5) is 0 Å². The lowest BCUT2D eigenvalue weighted by Crippen LogP contribution is -2.22. The average Bonchev–Trinajstić information content (AvgIpc) is 2.82. The Balaban J connectivity index is 0.000000963. The summed E-state index contributed by atoms with van der Waals surface area (Å²) < 4.78 is 11.3. The van der Waals surface area contributed by atoms with Gasteiger partial charge >= 0.3 is 0 Å². The number of aromatic nitrogens is 2. The molecule has 3 rings (SSSR count). The Morgan fingerprint density at radius 1 is 1.25 bits per heavy atom. The quantitative estimate of drug-likeness (QED) is 0.830. The van der Waals surface area contributed by atoms with Crippen molar-refractivity contribution in [1.29, 1.82) is 0 Å². The van der Waals surface area contributed by atoms with Gasteiger partial charge in [-0.1, -0.05) is 12.1 Å². The van der Waals surface area contributed by atoms with E-state index in [0.717, 1.165) is 17.3 Å². The Labute approximate surface area is 99.0 Å². The summed E-state index contributed by atoms with van der Waals surface area (Å²) in [5.41, 5.74) is 0. The standard InChI is InChI=1S/C11H10N2O2.ClH/c1-2-4-9-8(3-1)14-7-10(15-9)11-12-5-6-13-11;/h1-6,10H,7H2,(H,12,13);1H. The first-order valence-corrected chi connectivity index (χ1v) is 4.81. The third-order valence-corrected chi connectivity index (χ3v) is 2.33. The fourth-order valence-electron chi connectivity index (χ4n) is 1.61. The van der Waals surface area contributed by atoms with Gasteiger partial charge in [0.05, 0.1) is 0 Å². The highest BCUT2D eigenvalue weighted by atomic mass is 35.5. The molecule has 16 heavy (non-hydrogen) atoms. The third-order valence-electron chi connectivity index (χ3n) is 2.33. The number of H-pyrrole nitrogens is 1. The zero-order valence-electron chi connectivity index (χ0n) is 8.42. The molecule has 0 saturated heterocycles. The van der Waals surface area contributed by atoms with Gasteiger partial charge in [-0.25, -0.2) is 4.98 Å². The summed E-state index contributed by atoms with van der Waals surface area (Å²) in [6.07, 6.45) is 3.34. The first-order chi connectivity index (χ1) is 7.43. The van der Waals surface area contributed by atoms with Gasteiger partial charge in [-0.2, -0.15) is 0 Å². The molecule has 0 bridgehead atoms. The van der Waals surface area contributed by atoms with Crippen LogP contribution in [0.25, 0.3) is 0 Å². The highest BCUT2D eigenvalue weighted by Crippen LogP contribution is 2.34. The smallest absolute Gasteiger partial charge is 0.190 e. The lowest BCUT2D eigenvalue weighted by atomic mass is 10.2. The van der Waals surface area contributed by atoms with E-state index >= 15 is 0 Å². The number of nitrogens with one attached hydrogen (secondary N) is 1. The molecule has 0 spiro atoms. The van der Waals surface area contributed by atoms with Crippen molar-refractivity contribution >= 4 is 12.4 Å². The number of aromatic amines is 1. The minimum Gasteiger partial charge on any atom is -0.485 e. The molecule has 0 aliphatic carbocycles. The number of hydrogen-bond acceptors (Lipinski definition) is 3. The van der Waals surface area contributed by atoms with Crippen LogP contribution in [0, 0.1) is 0 Å². The first kappa shape index (κ1) is 10.8. The average molecular weight is 239 g/mol. The van der Waals surface area contributed by atoms with Crippen LogP contribution in [-0.4, -0.2) is 16.6 Å². The van der Waals surface area contributed by atoms with Crippen LogP contribution in [0.2, 0.25) is 0 Å². The van der Waals surface area contributed by atoms with Gasteiger partial charge in [0.2, 0.25) is 0 Å². The van der Waals surface area contributed by atoms with E-state index in [9.17, 15) is 0 Å². The molecule has 1 unspecified atom stereocenters. The Morgan fingerprint density at radius 2 is 2.06 bits per heavy atom. The maximum Gasteiger partial charge on any atom is 0.190 e. The zero-order valence-corrected chi connectivity index (χ0v) is 9.24. The molecule has 2 heterocycles. The van der Waals surface area contributed by atoms with E-state index in [1.165, 1.54) is 0 Å². The SMILES string of the molecule is Cl.c1ccc2c(c1)OCC(c1ncc[nH]1)O2. The van der Waals surface area contributed by atoms with E-state index in [-0.39, 0.29) is 18.5 Å². The van der Waals surface area contributed by atoms with Crippen LogP contribution >= 0.6 is 12.4 Å². The summed E-state index contributed by atoms with van der Waals surface area (Å²) in [6, 6.07) is 7.64. The van der Waals surface area contributed by atoms with Crippen molar-refractivity contribution in [2.24, 2.45) is 0 Å². The summed E-state index contributed by atoms with van der Waals surface area (Å²) in [7, 11) is 0. The summed E-state index contributed by atoms with van der Waals surface area (Å²) in [6.45, 7) is 0.491. The number of rotatable bonds is 1. The highest BCUT2D eigenvalue weighted by molar-refractivity contribution is 5.85. The molecule has 4 nitrogen and oxygen atoms in total. The molecule has 0 saturated carbocycles. The van der Waals surface area contributed by atoms with Gasteiger partial charge in [0.25, 0.3) is 0 Å². The first-order valence-electron chi connectivity index (χ1n) is 4.81. The van der Waals surface area contributed by atoms with Crippen LogP contribution < -0.4 is 9.47 Å². The summed E-state index contributed by atoms with van der Waals surface area (Å²) in [4.78, 5) is 7.17. The summed E-state index contributed by atoms with van der Waals surface area (Å²) in [5, 5.41) is 0. The van der Waals surface area contributed by atoms with Crippen molar-refractivity contribution in [3.8, 4) is 11.5 Å². The molecule has 1 aliphatic heterocycles. The zero-order chi connectivity index (χ0) is 10.1. The van der Waals surface area contributed by atoms with Gasteiger partial charge in [-0.3, -0.25) is 0 Å². The lowest BCUT2D eigenvalue weighted by Gasteiger charge is -2.24. The minimum absolute atomic E-state index is 0. The van der Waals surface area contributed by atoms with Crippen LogP contribution in [0.15, 0.2) is 36.7 Å². The number of ether oxygens (including phenoxy) is 2. The predicted molar refractivity (Wildman–Crippen MR) is 61.1 cm³/mol.